The number of hydrogen-bond donors (Lipinski definition) is 22. The first-order chi connectivity index (χ1) is 54.7. The molecule has 15 atom stereocenters. The van der Waals surface area contributed by atoms with Gasteiger partial charge in [-0.25, -0.2) is 4.79 Å². The molecule has 654 valence electrons. The number of carboxylic acid groups (broad SMARTS) is 2. The number of aliphatic carboxylic acids is 2. The molecule has 0 aromatic rings. The number of hydrogen-bond acceptors (Lipinski definition) is 23. The quantitative estimate of drug-likeness (QED) is 0.0153. The molecule has 3 aliphatic rings. The van der Waals surface area contributed by atoms with E-state index in [0.717, 1.165) is 0 Å². The lowest BCUT2D eigenvalue weighted by molar-refractivity contribution is -0.145. The van der Waals surface area contributed by atoms with Gasteiger partial charge in [0.15, 0.2) is 5.96 Å². The highest BCUT2D eigenvalue weighted by Crippen LogP contribution is 2.26. The van der Waals surface area contributed by atoms with Crippen LogP contribution in [0.25, 0.3) is 0 Å². The molecule has 116 heavy (non-hydrogen) atoms. The van der Waals surface area contributed by atoms with E-state index in [1.807, 2.05) is 0 Å². The minimum Gasteiger partial charge on any atom is -0.481 e. The lowest BCUT2D eigenvalue weighted by Gasteiger charge is -2.33. The van der Waals surface area contributed by atoms with Gasteiger partial charge in [0.05, 0.1) is 6.04 Å². The second-order valence-electron chi connectivity index (χ2n) is 30.3. The summed E-state index contributed by atoms with van der Waals surface area (Å²) in [4.78, 5) is 248. The summed E-state index contributed by atoms with van der Waals surface area (Å²) in [7, 11) is 0. The molecule has 0 unspecified atom stereocenters. The molecule has 0 radical (unpaired) electrons. The second-order valence-corrected chi connectivity index (χ2v) is 30.3. The number of carbonyl (C=O) groups is 18. The molecular formula is C73H127N23O20. The van der Waals surface area contributed by atoms with E-state index < -0.39 is 228 Å². The van der Waals surface area contributed by atoms with E-state index >= 15 is 0 Å². The van der Waals surface area contributed by atoms with Crippen LogP contribution in [0.15, 0.2) is 0 Å². The Hall–Kier alpha value is -10.4. The number of guanidine groups is 1. The summed E-state index contributed by atoms with van der Waals surface area (Å²) in [6.07, 6.45) is 1.64. The van der Waals surface area contributed by atoms with Gasteiger partial charge in [-0.2, -0.15) is 0 Å². The molecular weight excluding hydrogens is 1520 g/mol. The maximum absolute atomic E-state index is 14.8. The Bertz CT molecular complexity index is 3420. The number of carboxylic acids is 2. The number of rotatable bonds is 53. The molecule has 16 amide bonds. The van der Waals surface area contributed by atoms with Crippen LogP contribution in [0.4, 0.5) is 0 Å². The van der Waals surface area contributed by atoms with Crippen molar-refractivity contribution in [2.45, 2.75) is 287 Å². The largest absolute Gasteiger partial charge is 0.481 e. The molecule has 43 heteroatoms. The summed E-state index contributed by atoms with van der Waals surface area (Å²) in [5.74, 6) is -17.4. The molecule has 0 saturated carbocycles. The van der Waals surface area contributed by atoms with Gasteiger partial charge in [0.2, 0.25) is 94.5 Å². The molecule has 3 aliphatic heterocycles. The molecule has 3 rings (SSSR count). The fourth-order valence-corrected chi connectivity index (χ4v) is 13.4. The van der Waals surface area contributed by atoms with Crippen molar-refractivity contribution in [2.24, 2.45) is 52.0 Å². The summed E-state index contributed by atoms with van der Waals surface area (Å²) >= 11 is 0. The van der Waals surface area contributed by atoms with Gasteiger partial charge in [0.1, 0.15) is 84.6 Å². The third-order valence-electron chi connectivity index (χ3n) is 20.2. The summed E-state index contributed by atoms with van der Waals surface area (Å²) < 4.78 is 0. The molecule has 0 bridgehead atoms. The van der Waals surface area contributed by atoms with Crippen LogP contribution in [0.5, 0.6) is 0 Å². The van der Waals surface area contributed by atoms with Gasteiger partial charge in [-0.1, -0.05) is 34.1 Å². The standard InChI is InChI=1S/C73H127N23O20/c1-38(2)56(68(111)85-40(5)58(101)83-41(6)60(103)91-49(72(115)116)26-29-54(79)98)92-64(107)44(19-9-12-32-75)86-63(106)45(21-14-34-82-73(80)81)87-65(108)50-22-15-35-94(50)69(112)47(20-10-13-33-76)89-59(102)42(7)84-62(105)46(25-28-53(78)97)88-66(109)51-23-17-37-96(51)71(114)57(39(3)4)93-67(110)52-24-16-36-95(52)70(113)48(27-30-55(99)100)90-61(104)43(77)18-8-11-31-74/h38-52,56-57H,8-37,74-77H2,1-7H3,(H2,78,97)(H2,79,98)(H,83,101)(H,84,105)(H,85,111)(H,86,106)(H,87,108)(H,88,109)(H,89,102)(H,90,104)(H,91,103)(H,92,107)(H,93,110)(H,99,100)(H,115,116)(H4,80,81,82)/t40-,41-,42-,43-,44-,45-,46+,47-,48-,49-,50-,51-,52-,56-,57-/m0/s1. The van der Waals surface area contributed by atoms with Gasteiger partial charge in [0, 0.05) is 45.4 Å². The minimum atomic E-state index is -1.55. The monoisotopic (exact) mass is 1650 g/mol. The normalized spacial score (nSPS) is 18.3. The van der Waals surface area contributed by atoms with Gasteiger partial charge in [0.25, 0.3) is 0 Å². The number of nitrogens with zero attached hydrogens (tertiary/aromatic N) is 3. The van der Waals surface area contributed by atoms with Crippen LogP contribution in [0, 0.1) is 17.2 Å². The van der Waals surface area contributed by atoms with Crippen molar-refractivity contribution >= 4 is 112 Å². The van der Waals surface area contributed by atoms with Gasteiger partial charge >= 0.3 is 11.9 Å². The number of unbranched alkanes of at least 4 members (excludes halogenated alkanes) is 3. The third kappa shape index (κ3) is 33.4. The fourth-order valence-electron chi connectivity index (χ4n) is 13.4. The van der Waals surface area contributed by atoms with Crippen molar-refractivity contribution in [3.63, 3.8) is 0 Å². The lowest BCUT2D eigenvalue weighted by atomic mass is 10.0. The van der Waals surface area contributed by atoms with Crippen molar-refractivity contribution in [3.05, 3.63) is 0 Å². The zero-order chi connectivity index (χ0) is 87.2. The molecule has 0 aliphatic carbocycles. The van der Waals surface area contributed by atoms with Crippen LogP contribution in [-0.4, -0.2) is 274 Å². The van der Waals surface area contributed by atoms with Crippen LogP contribution < -0.4 is 104 Å². The average molecular weight is 1650 g/mol. The zero-order valence-electron chi connectivity index (χ0n) is 67.7. The Labute approximate surface area is 674 Å². The predicted molar refractivity (Wildman–Crippen MR) is 419 cm³/mol. The first kappa shape index (κ1) is 99.8. The molecule has 0 spiro atoms. The first-order valence-corrected chi connectivity index (χ1v) is 39.9. The molecule has 3 heterocycles. The highest BCUT2D eigenvalue weighted by Gasteiger charge is 2.45. The van der Waals surface area contributed by atoms with E-state index in [-0.39, 0.29) is 136 Å². The highest BCUT2D eigenvalue weighted by atomic mass is 16.4. The number of nitrogens with one attached hydrogen (secondary N) is 13. The highest BCUT2D eigenvalue weighted by molar-refractivity contribution is 6.01. The molecule has 0 aromatic heterocycles. The number of amides is 16. The van der Waals surface area contributed by atoms with E-state index in [1.54, 1.807) is 27.7 Å². The van der Waals surface area contributed by atoms with Crippen molar-refractivity contribution in [1.29, 1.82) is 5.41 Å². The van der Waals surface area contributed by atoms with Crippen LogP contribution in [0.2, 0.25) is 0 Å². The summed E-state index contributed by atoms with van der Waals surface area (Å²) in [5.41, 5.74) is 39.5. The van der Waals surface area contributed by atoms with Crippen molar-refractivity contribution in [1.82, 2.24) is 78.5 Å². The smallest absolute Gasteiger partial charge is 0.326 e. The van der Waals surface area contributed by atoms with Gasteiger partial charge in [-0.15, -0.1) is 0 Å². The zero-order valence-corrected chi connectivity index (χ0v) is 67.7. The SMILES string of the molecule is CC(C)[C@H](NC(=O)[C@H](CCCCN)NC(=O)[C@H](CCCNC(=N)N)NC(=O)[C@@H]1CCCN1C(=O)[C@H](CCCCN)NC(=O)[C@H](C)NC(=O)[C@@H](CCC(N)=O)NC(=O)[C@@H]1CCCN1C(=O)[C@@H](NC(=O)[C@@H]1CCCN1C(=O)[C@H](CCC(=O)O)NC(=O)[C@@H](N)CCCCN)C(C)C)C(=O)N[C@@H](C)C(=O)N[C@@H](C)C(=O)N[C@@H](CCC(N)=O)C(=O)O. The van der Waals surface area contributed by atoms with E-state index in [4.69, 9.17) is 45.5 Å². The Morgan fingerprint density at radius 1 is 0.371 bits per heavy atom. The van der Waals surface area contributed by atoms with E-state index in [2.05, 4.69) is 63.8 Å². The van der Waals surface area contributed by atoms with Gasteiger partial charge < -0.3 is 129 Å². The van der Waals surface area contributed by atoms with Crippen LogP contribution in [0.3, 0.4) is 0 Å². The molecule has 43 nitrogen and oxygen atoms in total. The van der Waals surface area contributed by atoms with Crippen molar-refractivity contribution < 1.29 is 96.5 Å². The van der Waals surface area contributed by atoms with E-state index in [9.17, 15) is 96.5 Å². The predicted octanol–water partition coefficient (Wildman–Crippen LogP) is -6.88. The van der Waals surface area contributed by atoms with Crippen LogP contribution >= 0.6 is 0 Å². The number of primary amides is 2. The molecule has 29 N–H and O–H groups in total. The fraction of sp³-hybridized carbons (Fsp3) is 0.740. The van der Waals surface area contributed by atoms with Crippen LogP contribution in [0.1, 0.15) is 196 Å². The van der Waals surface area contributed by atoms with E-state index in [0.29, 0.717) is 45.1 Å². The van der Waals surface area contributed by atoms with Gasteiger partial charge in [-0.3, -0.25) is 86.9 Å². The average Bonchev–Trinajstić information content (AvgIpc) is 1.63. The first-order valence-electron chi connectivity index (χ1n) is 39.9. The lowest BCUT2D eigenvalue weighted by Crippen LogP contribution is -2.61. The maximum Gasteiger partial charge on any atom is 0.326 e. The number of nitrogens with two attached hydrogens (primary N) is 7. The maximum atomic E-state index is 14.8. The Morgan fingerprint density at radius 2 is 0.716 bits per heavy atom. The second kappa shape index (κ2) is 50.8. The minimum absolute atomic E-state index is 0.00456. The molecule has 3 saturated heterocycles. The van der Waals surface area contributed by atoms with E-state index in [1.165, 1.54) is 35.5 Å². The number of likely N-dealkylation sites (tertiary alicyclic amines) is 3. The molecule has 3 fully saturated rings. The van der Waals surface area contributed by atoms with Crippen LogP contribution in [-0.2, 0) is 86.3 Å². The Kier molecular flexibility index (Phi) is 43.7. The van der Waals surface area contributed by atoms with Crippen molar-refractivity contribution in [3.8, 4) is 0 Å². The summed E-state index contributed by atoms with van der Waals surface area (Å²) in [5, 5.41) is 57.6. The van der Waals surface area contributed by atoms with Crippen molar-refractivity contribution in [2.75, 3.05) is 45.8 Å². The Balaban J connectivity index is 1.82. The summed E-state index contributed by atoms with van der Waals surface area (Å²) in [6.45, 7) is 11.2. The number of carbonyl (C=O) groups excluding carboxylic acids is 16. The topological polar surface area (TPSA) is 708 Å². The third-order valence-corrected chi connectivity index (χ3v) is 20.2. The summed E-state index contributed by atoms with van der Waals surface area (Å²) in [6, 6.07) is -19.9. The van der Waals surface area contributed by atoms with Gasteiger partial charge in [-0.05, 0) is 174 Å². The molecule has 0 aromatic carbocycles. The Morgan fingerprint density at radius 3 is 1.16 bits per heavy atom.